The van der Waals surface area contributed by atoms with Crippen molar-refractivity contribution in [3.05, 3.63) is 0 Å². The summed E-state index contributed by atoms with van der Waals surface area (Å²) in [5.74, 6) is -0.760. The average Bonchev–Trinajstić information content (AvgIpc) is 2.31. The van der Waals surface area contributed by atoms with Crippen LogP contribution in [0.25, 0.3) is 0 Å². The smallest absolute Gasteiger partial charge is 0.320 e. The minimum absolute atomic E-state index is 0.422. The van der Waals surface area contributed by atoms with E-state index in [9.17, 15) is 4.79 Å². The van der Waals surface area contributed by atoms with Gasteiger partial charge in [-0.25, -0.2) is 0 Å². The van der Waals surface area contributed by atoms with Gasteiger partial charge in [0, 0.05) is 0 Å². The second kappa shape index (κ2) is 11.9. The van der Waals surface area contributed by atoms with E-state index >= 15 is 0 Å². The predicted molar refractivity (Wildman–Crippen MR) is 71.1 cm³/mol. The minimum Gasteiger partial charge on any atom is -0.480 e. The molecule has 17 heavy (non-hydrogen) atoms. The Kier molecular flexibility index (Phi) is 11.4. The Morgan fingerprint density at radius 2 is 1.82 bits per heavy atom. The third-order valence-electron chi connectivity index (χ3n) is 2.92. The summed E-state index contributed by atoms with van der Waals surface area (Å²) >= 11 is 0. The monoisotopic (exact) mass is 244 g/mol. The molecule has 0 heterocycles. The fraction of sp³-hybridized carbons (Fsp3) is 0.923. The van der Waals surface area contributed by atoms with Crippen molar-refractivity contribution in [2.45, 2.75) is 64.3 Å². The Bertz CT molecular complexity index is 186. The number of carboxylic acids is 1. The van der Waals surface area contributed by atoms with E-state index in [0.29, 0.717) is 13.0 Å². The molecule has 0 aliphatic carbocycles. The first-order chi connectivity index (χ1) is 8.22. The zero-order valence-electron chi connectivity index (χ0n) is 11.1. The summed E-state index contributed by atoms with van der Waals surface area (Å²) in [6.45, 7) is 3.56. The van der Waals surface area contributed by atoms with E-state index in [1.807, 2.05) is 0 Å². The van der Waals surface area contributed by atoms with Crippen LogP contribution in [0.2, 0.25) is 0 Å². The van der Waals surface area contributed by atoms with Gasteiger partial charge in [0.05, 0.1) is 0 Å². The predicted octanol–water partition coefficient (Wildman–Crippen LogP) is 2.13. The third-order valence-corrected chi connectivity index (χ3v) is 2.92. The first kappa shape index (κ1) is 16.4. The van der Waals surface area contributed by atoms with Crippen LogP contribution in [0.1, 0.15) is 58.3 Å². The van der Waals surface area contributed by atoms with Gasteiger partial charge in [-0.05, 0) is 32.4 Å². The highest BCUT2D eigenvalue weighted by atomic mass is 16.4. The number of aliphatic carboxylic acids is 1. The van der Waals surface area contributed by atoms with E-state index in [1.165, 1.54) is 32.1 Å². The molecule has 0 aromatic rings. The SMILES string of the molecule is CCCCCCCCN[C@@H](CCCN)C(=O)O. The summed E-state index contributed by atoms with van der Waals surface area (Å²) in [5.41, 5.74) is 5.38. The molecule has 0 fully saturated rings. The Balaban J connectivity index is 3.44. The number of hydrogen-bond donors (Lipinski definition) is 3. The number of hydrogen-bond acceptors (Lipinski definition) is 3. The van der Waals surface area contributed by atoms with E-state index in [0.717, 1.165) is 19.4 Å². The van der Waals surface area contributed by atoms with Gasteiger partial charge in [-0.2, -0.15) is 0 Å². The van der Waals surface area contributed by atoms with Crippen LogP contribution in [0.5, 0.6) is 0 Å². The maximum absolute atomic E-state index is 10.9. The van der Waals surface area contributed by atoms with Crippen molar-refractivity contribution in [2.24, 2.45) is 5.73 Å². The van der Waals surface area contributed by atoms with E-state index in [2.05, 4.69) is 12.2 Å². The third kappa shape index (κ3) is 10.3. The molecule has 4 nitrogen and oxygen atoms in total. The van der Waals surface area contributed by atoms with Gasteiger partial charge in [0.2, 0.25) is 0 Å². The highest BCUT2D eigenvalue weighted by molar-refractivity contribution is 5.73. The van der Waals surface area contributed by atoms with Crippen LogP contribution < -0.4 is 11.1 Å². The zero-order chi connectivity index (χ0) is 12.9. The summed E-state index contributed by atoms with van der Waals surface area (Å²) in [4.78, 5) is 10.9. The van der Waals surface area contributed by atoms with Crippen molar-refractivity contribution in [1.29, 1.82) is 0 Å². The highest BCUT2D eigenvalue weighted by Crippen LogP contribution is 2.04. The molecule has 0 aromatic carbocycles. The van der Waals surface area contributed by atoms with Gasteiger partial charge < -0.3 is 16.2 Å². The number of nitrogens with one attached hydrogen (secondary N) is 1. The van der Waals surface area contributed by atoms with Crippen LogP contribution >= 0.6 is 0 Å². The van der Waals surface area contributed by atoms with Crippen molar-refractivity contribution in [3.8, 4) is 0 Å². The topological polar surface area (TPSA) is 75.3 Å². The lowest BCUT2D eigenvalue weighted by molar-refractivity contribution is -0.139. The molecule has 0 spiro atoms. The molecule has 0 unspecified atom stereocenters. The fourth-order valence-corrected chi connectivity index (χ4v) is 1.82. The van der Waals surface area contributed by atoms with Crippen molar-refractivity contribution in [3.63, 3.8) is 0 Å². The standard InChI is InChI=1S/C13H28N2O2/c1-2-3-4-5-6-7-11-15-12(13(16)17)9-8-10-14/h12,15H,2-11,14H2,1H3,(H,16,17)/t12-/m0/s1. The Labute approximate surface area is 105 Å². The van der Waals surface area contributed by atoms with Gasteiger partial charge in [0.1, 0.15) is 6.04 Å². The van der Waals surface area contributed by atoms with Crippen LogP contribution in [-0.2, 0) is 4.79 Å². The van der Waals surface area contributed by atoms with Crippen LogP contribution in [0.4, 0.5) is 0 Å². The summed E-state index contributed by atoms with van der Waals surface area (Å²) in [5, 5.41) is 12.1. The number of carboxylic acid groups (broad SMARTS) is 1. The number of carbonyl (C=O) groups is 1. The normalized spacial score (nSPS) is 12.6. The average molecular weight is 244 g/mol. The quantitative estimate of drug-likeness (QED) is 0.460. The Morgan fingerprint density at radius 1 is 1.18 bits per heavy atom. The van der Waals surface area contributed by atoms with E-state index < -0.39 is 12.0 Å². The lowest BCUT2D eigenvalue weighted by Gasteiger charge is -2.13. The van der Waals surface area contributed by atoms with Crippen molar-refractivity contribution in [1.82, 2.24) is 5.32 Å². The minimum atomic E-state index is -0.760. The molecule has 0 aromatic heterocycles. The van der Waals surface area contributed by atoms with Crippen LogP contribution in [0.15, 0.2) is 0 Å². The molecule has 102 valence electrons. The molecule has 0 amide bonds. The Morgan fingerprint density at radius 3 is 2.41 bits per heavy atom. The van der Waals surface area contributed by atoms with E-state index in [-0.39, 0.29) is 0 Å². The maximum Gasteiger partial charge on any atom is 0.320 e. The molecular weight excluding hydrogens is 216 g/mol. The lowest BCUT2D eigenvalue weighted by Crippen LogP contribution is -2.37. The van der Waals surface area contributed by atoms with Crippen LogP contribution in [-0.4, -0.2) is 30.2 Å². The number of unbranched alkanes of at least 4 members (excludes halogenated alkanes) is 5. The van der Waals surface area contributed by atoms with E-state index in [4.69, 9.17) is 10.8 Å². The molecule has 0 aliphatic rings. The molecule has 0 radical (unpaired) electrons. The van der Waals surface area contributed by atoms with Gasteiger partial charge in [-0.1, -0.05) is 39.0 Å². The molecule has 0 rings (SSSR count). The van der Waals surface area contributed by atoms with E-state index in [1.54, 1.807) is 0 Å². The van der Waals surface area contributed by atoms with Crippen molar-refractivity contribution >= 4 is 5.97 Å². The van der Waals surface area contributed by atoms with Crippen LogP contribution in [0.3, 0.4) is 0 Å². The second-order valence-electron chi connectivity index (χ2n) is 4.54. The molecule has 0 bridgehead atoms. The summed E-state index contributed by atoms with van der Waals surface area (Å²) in [6.07, 6.45) is 8.77. The largest absolute Gasteiger partial charge is 0.480 e. The number of rotatable bonds is 12. The maximum atomic E-state index is 10.9. The molecule has 0 saturated carbocycles. The number of nitrogens with two attached hydrogens (primary N) is 1. The summed E-state index contributed by atoms with van der Waals surface area (Å²) in [7, 11) is 0. The first-order valence-corrected chi connectivity index (χ1v) is 6.88. The van der Waals surface area contributed by atoms with Gasteiger partial charge in [0.15, 0.2) is 0 Å². The summed E-state index contributed by atoms with van der Waals surface area (Å²) < 4.78 is 0. The zero-order valence-corrected chi connectivity index (χ0v) is 11.1. The molecule has 4 heteroatoms. The fourth-order valence-electron chi connectivity index (χ4n) is 1.82. The van der Waals surface area contributed by atoms with Gasteiger partial charge in [0.25, 0.3) is 0 Å². The first-order valence-electron chi connectivity index (χ1n) is 6.88. The van der Waals surface area contributed by atoms with Crippen molar-refractivity contribution in [2.75, 3.05) is 13.1 Å². The molecule has 0 saturated heterocycles. The van der Waals surface area contributed by atoms with Crippen molar-refractivity contribution < 1.29 is 9.90 Å². The lowest BCUT2D eigenvalue weighted by atomic mass is 10.1. The van der Waals surface area contributed by atoms with Gasteiger partial charge in [-0.15, -0.1) is 0 Å². The Hall–Kier alpha value is -0.610. The van der Waals surface area contributed by atoms with Gasteiger partial charge in [-0.3, -0.25) is 4.79 Å². The van der Waals surface area contributed by atoms with Crippen LogP contribution in [0, 0.1) is 0 Å². The summed E-state index contributed by atoms with van der Waals surface area (Å²) in [6, 6.07) is -0.422. The molecule has 0 aliphatic heterocycles. The molecule has 4 N–H and O–H groups in total. The molecular formula is C13H28N2O2. The highest BCUT2D eigenvalue weighted by Gasteiger charge is 2.14. The molecule has 1 atom stereocenters. The van der Waals surface area contributed by atoms with Gasteiger partial charge >= 0.3 is 5.97 Å². The second-order valence-corrected chi connectivity index (χ2v) is 4.54.